The Bertz CT molecular complexity index is 405. The highest BCUT2D eigenvalue weighted by molar-refractivity contribution is 5.37. The van der Waals surface area contributed by atoms with Crippen LogP contribution in [0.1, 0.15) is 51.1 Å². The maximum absolute atomic E-state index is 13.8. The van der Waals surface area contributed by atoms with Gasteiger partial charge in [0.2, 0.25) is 0 Å². The molecule has 0 saturated heterocycles. The number of benzene rings is 1. The monoisotopic (exact) mass is 251 g/mol. The summed E-state index contributed by atoms with van der Waals surface area (Å²) in [5.74, 6) is 1.03. The van der Waals surface area contributed by atoms with Crippen molar-refractivity contribution in [1.29, 1.82) is 0 Å². The molecule has 0 aromatic heterocycles. The van der Waals surface area contributed by atoms with Gasteiger partial charge in [0.15, 0.2) is 0 Å². The van der Waals surface area contributed by atoms with Gasteiger partial charge >= 0.3 is 0 Å². The predicted molar refractivity (Wildman–Crippen MR) is 71.1 cm³/mol. The molecular weight excluding hydrogens is 229 g/mol. The van der Waals surface area contributed by atoms with Crippen LogP contribution in [0.3, 0.4) is 0 Å². The van der Waals surface area contributed by atoms with E-state index < -0.39 is 0 Å². The Morgan fingerprint density at radius 2 is 2.17 bits per heavy atom. The van der Waals surface area contributed by atoms with Crippen LogP contribution < -0.4 is 10.5 Å². The Balaban J connectivity index is 2.15. The Morgan fingerprint density at radius 1 is 1.39 bits per heavy atom. The zero-order valence-corrected chi connectivity index (χ0v) is 11.2. The zero-order chi connectivity index (χ0) is 13.1. The highest BCUT2D eigenvalue weighted by atomic mass is 19.1. The molecule has 3 atom stereocenters. The van der Waals surface area contributed by atoms with E-state index in [0.717, 1.165) is 12.8 Å². The fraction of sp³-hybridized carbons (Fsp3) is 0.600. The van der Waals surface area contributed by atoms with Gasteiger partial charge in [-0.15, -0.1) is 0 Å². The van der Waals surface area contributed by atoms with Crippen molar-refractivity contribution in [1.82, 2.24) is 0 Å². The minimum absolute atomic E-state index is 0.202. The van der Waals surface area contributed by atoms with Gasteiger partial charge < -0.3 is 10.5 Å². The lowest BCUT2D eigenvalue weighted by Gasteiger charge is -2.28. The molecule has 2 nitrogen and oxygen atoms in total. The van der Waals surface area contributed by atoms with E-state index in [1.165, 1.54) is 18.9 Å². The van der Waals surface area contributed by atoms with Crippen molar-refractivity contribution in [3.8, 4) is 5.75 Å². The van der Waals surface area contributed by atoms with Gasteiger partial charge in [-0.25, -0.2) is 4.39 Å². The second-order valence-electron chi connectivity index (χ2n) is 5.45. The molecule has 1 fully saturated rings. The number of hydrogen-bond donors (Lipinski definition) is 1. The topological polar surface area (TPSA) is 35.2 Å². The number of ether oxygens (including phenoxy) is 1. The lowest BCUT2D eigenvalue weighted by Crippen LogP contribution is -2.25. The summed E-state index contributed by atoms with van der Waals surface area (Å²) in [4.78, 5) is 0. The van der Waals surface area contributed by atoms with Gasteiger partial charge in [0.25, 0.3) is 0 Å². The molecule has 1 aromatic rings. The number of hydrogen-bond acceptors (Lipinski definition) is 2. The quantitative estimate of drug-likeness (QED) is 0.886. The molecular formula is C15H22FNO. The number of halogens is 1. The van der Waals surface area contributed by atoms with Gasteiger partial charge in [0.1, 0.15) is 11.6 Å². The summed E-state index contributed by atoms with van der Waals surface area (Å²) in [6.45, 7) is 4.03. The van der Waals surface area contributed by atoms with Crippen LogP contribution in [0, 0.1) is 11.7 Å². The minimum atomic E-state index is -0.345. The second-order valence-corrected chi connectivity index (χ2v) is 5.45. The molecule has 0 radical (unpaired) electrons. The van der Waals surface area contributed by atoms with Crippen molar-refractivity contribution >= 4 is 0 Å². The van der Waals surface area contributed by atoms with Crippen LogP contribution >= 0.6 is 0 Å². The van der Waals surface area contributed by atoms with E-state index in [9.17, 15) is 4.39 Å². The van der Waals surface area contributed by atoms with Gasteiger partial charge in [0.05, 0.1) is 6.10 Å². The first-order valence-electron chi connectivity index (χ1n) is 6.78. The Labute approximate surface area is 108 Å². The van der Waals surface area contributed by atoms with Crippen LogP contribution in [-0.4, -0.2) is 6.10 Å². The van der Waals surface area contributed by atoms with Gasteiger partial charge in [-0.05, 0) is 44.2 Å². The minimum Gasteiger partial charge on any atom is -0.490 e. The maximum atomic E-state index is 13.8. The van der Waals surface area contributed by atoms with Gasteiger partial charge in [-0.2, -0.15) is 0 Å². The summed E-state index contributed by atoms with van der Waals surface area (Å²) in [5.41, 5.74) is 6.32. The summed E-state index contributed by atoms with van der Waals surface area (Å²) in [7, 11) is 0. The third-order valence-corrected chi connectivity index (χ3v) is 3.65. The van der Waals surface area contributed by atoms with Crippen molar-refractivity contribution in [2.45, 2.75) is 51.7 Å². The van der Waals surface area contributed by atoms with E-state index in [1.807, 2.05) is 6.07 Å². The van der Waals surface area contributed by atoms with E-state index in [-0.39, 0.29) is 18.0 Å². The molecule has 2 N–H and O–H groups in total. The molecule has 1 aliphatic carbocycles. The molecule has 0 spiro atoms. The first-order valence-corrected chi connectivity index (χ1v) is 6.78. The van der Waals surface area contributed by atoms with Crippen molar-refractivity contribution in [2.75, 3.05) is 0 Å². The van der Waals surface area contributed by atoms with Gasteiger partial charge in [-0.3, -0.25) is 0 Å². The van der Waals surface area contributed by atoms with Crippen molar-refractivity contribution < 1.29 is 9.13 Å². The van der Waals surface area contributed by atoms with E-state index in [4.69, 9.17) is 10.5 Å². The Morgan fingerprint density at radius 3 is 2.83 bits per heavy atom. The first kappa shape index (κ1) is 13.3. The van der Waals surface area contributed by atoms with Crippen LogP contribution in [0.2, 0.25) is 0 Å². The molecule has 1 aliphatic rings. The largest absolute Gasteiger partial charge is 0.490 e. The van der Waals surface area contributed by atoms with Crippen molar-refractivity contribution in [3.05, 3.63) is 29.6 Å². The number of rotatable bonds is 3. The third-order valence-electron chi connectivity index (χ3n) is 3.65. The normalized spacial score (nSPS) is 25.8. The van der Waals surface area contributed by atoms with E-state index in [0.29, 0.717) is 17.2 Å². The lowest BCUT2D eigenvalue weighted by molar-refractivity contribution is 0.127. The average molecular weight is 251 g/mol. The van der Waals surface area contributed by atoms with Crippen LogP contribution in [0.5, 0.6) is 5.75 Å². The van der Waals surface area contributed by atoms with Gasteiger partial charge in [0, 0.05) is 11.6 Å². The molecule has 2 rings (SSSR count). The third kappa shape index (κ3) is 3.02. The fourth-order valence-corrected chi connectivity index (χ4v) is 2.73. The fourth-order valence-electron chi connectivity index (χ4n) is 2.73. The van der Waals surface area contributed by atoms with Crippen LogP contribution in [-0.2, 0) is 0 Å². The van der Waals surface area contributed by atoms with E-state index in [1.54, 1.807) is 13.0 Å². The Hall–Kier alpha value is -1.09. The second kappa shape index (κ2) is 5.70. The first-order chi connectivity index (χ1) is 8.58. The number of nitrogens with two attached hydrogens (primary N) is 1. The predicted octanol–water partition coefficient (Wildman–Crippen LogP) is 3.80. The summed E-state index contributed by atoms with van der Waals surface area (Å²) < 4.78 is 19.8. The highest BCUT2D eigenvalue weighted by Crippen LogP contribution is 2.32. The molecule has 0 aliphatic heterocycles. The summed E-state index contributed by atoms with van der Waals surface area (Å²) in [5, 5.41) is 0. The highest BCUT2D eigenvalue weighted by Gasteiger charge is 2.22. The molecule has 3 heteroatoms. The SMILES string of the molecule is CC1CCCC(Oc2cccc(F)c2[C@@H](C)N)C1. The Kier molecular flexibility index (Phi) is 4.23. The van der Waals surface area contributed by atoms with Crippen LogP contribution in [0.15, 0.2) is 18.2 Å². The molecule has 1 aromatic carbocycles. The smallest absolute Gasteiger partial charge is 0.131 e. The van der Waals surface area contributed by atoms with Crippen molar-refractivity contribution in [3.63, 3.8) is 0 Å². The standard InChI is InChI=1S/C15H22FNO/c1-10-5-3-6-12(9-10)18-14-8-4-7-13(16)15(14)11(2)17/h4,7-8,10-12H,3,5-6,9,17H2,1-2H3/t10?,11-,12?/m1/s1. The summed E-state index contributed by atoms with van der Waals surface area (Å²) in [6, 6.07) is 4.60. The molecule has 2 unspecified atom stereocenters. The van der Waals surface area contributed by atoms with Gasteiger partial charge in [-0.1, -0.05) is 19.4 Å². The molecule has 0 bridgehead atoms. The molecule has 0 heterocycles. The van der Waals surface area contributed by atoms with E-state index in [2.05, 4.69) is 6.92 Å². The summed E-state index contributed by atoms with van der Waals surface area (Å²) in [6.07, 6.45) is 4.76. The van der Waals surface area contributed by atoms with Crippen LogP contribution in [0.25, 0.3) is 0 Å². The lowest BCUT2D eigenvalue weighted by atomic mass is 9.88. The van der Waals surface area contributed by atoms with Crippen LogP contribution in [0.4, 0.5) is 4.39 Å². The molecule has 0 amide bonds. The summed E-state index contributed by atoms with van der Waals surface area (Å²) >= 11 is 0. The zero-order valence-electron chi connectivity index (χ0n) is 11.2. The average Bonchev–Trinajstić information content (AvgIpc) is 2.28. The van der Waals surface area contributed by atoms with E-state index >= 15 is 0 Å². The molecule has 18 heavy (non-hydrogen) atoms. The molecule has 1 saturated carbocycles. The maximum Gasteiger partial charge on any atom is 0.131 e. The van der Waals surface area contributed by atoms with Crippen molar-refractivity contribution in [2.24, 2.45) is 11.7 Å². The molecule has 100 valence electrons.